The van der Waals surface area contributed by atoms with Gasteiger partial charge >= 0.3 is 0 Å². The maximum absolute atomic E-state index is 3.79. The molecule has 0 spiro atoms. The number of benzene rings is 4. The van der Waals surface area contributed by atoms with Gasteiger partial charge in [-0.2, -0.15) is 0 Å². The number of hydrogen-bond donors (Lipinski definition) is 2. The van der Waals surface area contributed by atoms with Crippen LogP contribution in [0.5, 0.6) is 0 Å². The van der Waals surface area contributed by atoms with Crippen LogP contribution in [0.2, 0.25) is 0 Å². The highest BCUT2D eigenvalue weighted by Gasteiger charge is 2.14. The predicted molar refractivity (Wildman–Crippen MR) is 139 cm³/mol. The normalized spacial score (nSPS) is 11.3. The fourth-order valence-electron chi connectivity index (χ4n) is 3.58. The summed E-state index contributed by atoms with van der Waals surface area (Å²) in [6, 6.07) is 37.3. The minimum Gasteiger partial charge on any atom is -0.355 e. The second kappa shape index (κ2) is 10.6. The van der Waals surface area contributed by atoms with Crippen LogP contribution in [0.4, 0.5) is 17.1 Å². The van der Waals surface area contributed by atoms with Crippen LogP contribution < -0.4 is 10.6 Å². The monoisotopic (exact) mass is 414 g/mol. The van der Waals surface area contributed by atoms with Crippen LogP contribution in [0.25, 0.3) is 16.8 Å². The molecular formula is C30H26N2. The van der Waals surface area contributed by atoms with Gasteiger partial charge in [0.05, 0.1) is 0 Å². The van der Waals surface area contributed by atoms with Crippen molar-refractivity contribution in [2.45, 2.75) is 0 Å². The summed E-state index contributed by atoms with van der Waals surface area (Å²) in [5, 5.41) is 7.21. The standard InChI is InChI=1S/C30H26N2/c1-2-3-7-22-28(31-25-17-10-5-11-18-25)27-21-14-23-29(32-26-19-12-6-13-20-26)30(27)24-15-8-4-9-16-24/h2-23,31-32H,1H2/b7-3-,28-22-. The lowest BCUT2D eigenvalue weighted by atomic mass is 9.95. The van der Waals surface area contributed by atoms with Crippen molar-refractivity contribution >= 4 is 22.8 Å². The first-order chi connectivity index (χ1) is 15.8. The molecule has 156 valence electrons. The van der Waals surface area contributed by atoms with E-state index in [0.29, 0.717) is 0 Å². The Balaban J connectivity index is 1.86. The molecule has 4 aromatic rings. The van der Waals surface area contributed by atoms with E-state index in [1.807, 2.05) is 54.6 Å². The van der Waals surface area contributed by atoms with Crippen molar-refractivity contribution < 1.29 is 0 Å². The molecule has 0 radical (unpaired) electrons. The summed E-state index contributed by atoms with van der Waals surface area (Å²) >= 11 is 0. The number of hydrogen-bond acceptors (Lipinski definition) is 2. The fourth-order valence-corrected chi connectivity index (χ4v) is 3.58. The molecule has 0 aliphatic heterocycles. The molecule has 0 bridgehead atoms. The average Bonchev–Trinajstić information content (AvgIpc) is 2.85. The number of anilines is 3. The SMILES string of the molecule is C=C/C=C\C=C(/Nc1ccccc1)c1cccc(Nc2ccccc2)c1-c1ccccc1. The zero-order valence-electron chi connectivity index (χ0n) is 17.9. The highest BCUT2D eigenvalue weighted by Crippen LogP contribution is 2.37. The summed E-state index contributed by atoms with van der Waals surface area (Å²) in [5.41, 5.74) is 7.53. The van der Waals surface area contributed by atoms with E-state index < -0.39 is 0 Å². The first kappa shape index (κ1) is 21.0. The van der Waals surface area contributed by atoms with Crippen LogP contribution in [-0.4, -0.2) is 0 Å². The molecule has 0 unspecified atom stereocenters. The third-order valence-electron chi connectivity index (χ3n) is 5.03. The van der Waals surface area contributed by atoms with Crippen LogP contribution in [-0.2, 0) is 0 Å². The molecule has 0 aromatic heterocycles. The largest absolute Gasteiger partial charge is 0.355 e. The molecule has 0 fully saturated rings. The highest BCUT2D eigenvalue weighted by molar-refractivity contribution is 5.93. The van der Waals surface area contributed by atoms with Gasteiger partial charge in [-0.25, -0.2) is 0 Å². The molecule has 0 atom stereocenters. The van der Waals surface area contributed by atoms with Gasteiger partial charge in [0.15, 0.2) is 0 Å². The molecule has 0 aliphatic carbocycles. The zero-order valence-corrected chi connectivity index (χ0v) is 17.9. The molecule has 2 heteroatoms. The molecule has 2 nitrogen and oxygen atoms in total. The summed E-state index contributed by atoms with van der Waals surface area (Å²) < 4.78 is 0. The van der Waals surface area contributed by atoms with Gasteiger partial charge in [0.25, 0.3) is 0 Å². The third-order valence-corrected chi connectivity index (χ3v) is 5.03. The quantitative estimate of drug-likeness (QED) is 0.283. The van der Waals surface area contributed by atoms with Crippen LogP contribution in [0, 0.1) is 0 Å². The zero-order chi connectivity index (χ0) is 22.0. The molecule has 0 saturated heterocycles. The molecule has 4 rings (SSSR count). The Morgan fingerprint density at radius 2 is 1.25 bits per heavy atom. The van der Waals surface area contributed by atoms with Crippen LogP contribution in [0.3, 0.4) is 0 Å². The van der Waals surface area contributed by atoms with Crippen LogP contribution >= 0.6 is 0 Å². The second-order valence-corrected chi connectivity index (χ2v) is 7.28. The van der Waals surface area contributed by atoms with Gasteiger partial charge in [0, 0.05) is 33.9 Å². The van der Waals surface area contributed by atoms with Gasteiger partial charge in [0.1, 0.15) is 0 Å². The Hall–Kier alpha value is -4.30. The summed E-state index contributed by atoms with van der Waals surface area (Å²) in [7, 11) is 0. The lowest BCUT2D eigenvalue weighted by Gasteiger charge is -2.20. The van der Waals surface area contributed by atoms with Crippen molar-refractivity contribution in [3.63, 3.8) is 0 Å². The molecule has 32 heavy (non-hydrogen) atoms. The van der Waals surface area contributed by atoms with E-state index in [4.69, 9.17) is 0 Å². The number of para-hydroxylation sites is 2. The smallest absolute Gasteiger partial charge is 0.0470 e. The molecule has 2 N–H and O–H groups in total. The Morgan fingerprint density at radius 3 is 1.91 bits per heavy atom. The Bertz CT molecular complexity index is 1210. The lowest BCUT2D eigenvalue weighted by molar-refractivity contribution is 1.48. The van der Waals surface area contributed by atoms with E-state index in [1.165, 1.54) is 0 Å². The van der Waals surface area contributed by atoms with E-state index in [9.17, 15) is 0 Å². The van der Waals surface area contributed by atoms with Gasteiger partial charge in [-0.3, -0.25) is 0 Å². The average molecular weight is 415 g/mol. The van der Waals surface area contributed by atoms with Crippen molar-refractivity contribution in [3.8, 4) is 11.1 Å². The van der Waals surface area contributed by atoms with Crippen LogP contribution in [0.15, 0.2) is 140 Å². The Morgan fingerprint density at radius 1 is 0.625 bits per heavy atom. The van der Waals surface area contributed by atoms with Gasteiger partial charge in [-0.05, 0) is 42.0 Å². The highest BCUT2D eigenvalue weighted by atomic mass is 14.9. The first-order valence-electron chi connectivity index (χ1n) is 10.7. The summed E-state index contributed by atoms with van der Waals surface area (Å²) in [4.78, 5) is 0. The molecule has 4 aromatic carbocycles. The maximum Gasteiger partial charge on any atom is 0.0470 e. The number of nitrogens with one attached hydrogen (secondary N) is 2. The van der Waals surface area contributed by atoms with Gasteiger partial charge in [-0.1, -0.05) is 104 Å². The minimum absolute atomic E-state index is 1.00. The van der Waals surface area contributed by atoms with E-state index in [0.717, 1.165) is 39.4 Å². The van der Waals surface area contributed by atoms with E-state index >= 15 is 0 Å². The third kappa shape index (κ3) is 5.24. The summed E-state index contributed by atoms with van der Waals surface area (Å²) in [5.74, 6) is 0. The van der Waals surface area contributed by atoms with E-state index in [2.05, 4.69) is 90.0 Å². The predicted octanol–water partition coefficient (Wildman–Crippen LogP) is 8.29. The van der Waals surface area contributed by atoms with Gasteiger partial charge in [-0.15, -0.1) is 0 Å². The Kier molecular flexibility index (Phi) is 6.97. The van der Waals surface area contributed by atoms with Crippen molar-refractivity contribution in [2.24, 2.45) is 0 Å². The second-order valence-electron chi connectivity index (χ2n) is 7.28. The van der Waals surface area contributed by atoms with Crippen molar-refractivity contribution in [1.82, 2.24) is 0 Å². The number of rotatable bonds is 8. The van der Waals surface area contributed by atoms with Crippen molar-refractivity contribution in [3.05, 3.63) is 146 Å². The summed E-state index contributed by atoms with van der Waals surface area (Å²) in [6.07, 6.45) is 7.80. The van der Waals surface area contributed by atoms with Crippen molar-refractivity contribution in [2.75, 3.05) is 10.6 Å². The molecule has 0 aliphatic rings. The van der Waals surface area contributed by atoms with Crippen LogP contribution in [0.1, 0.15) is 5.56 Å². The first-order valence-corrected chi connectivity index (χ1v) is 10.7. The van der Waals surface area contributed by atoms with E-state index in [1.54, 1.807) is 6.08 Å². The van der Waals surface area contributed by atoms with Gasteiger partial charge < -0.3 is 10.6 Å². The molecule has 0 amide bonds. The topological polar surface area (TPSA) is 24.1 Å². The van der Waals surface area contributed by atoms with Gasteiger partial charge in [0.2, 0.25) is 0 Å². The lowest BCUT2D eigenvalue weighted by Crippen LogP contribution is -2.03. The van der Waals surface area contributed by atoms with E-state index in [-0.39, 0.29) is 0 Å². The summed E-state index contributed by atoms with van der Waals surface area (Å²) in [6.45, 7) is 3.79. The fraction of sp³-hybridized carbons (Fsp3) is 0. The Labute approximate surface area is 190 Å². The molecular weight excluding hydrogens is 388 g/mol. The number of allylic oxidation sites excluding steroid dienone is 4. The molecule has 0 saturated carbocycles. The minimum atomic E-state index is 1.00. The van der Waals surface area contributed by atoms with Crippen molar-refractivity contribution in [1.29, 1.82) is 0 Å². The maximum atomic E-state index is 3.79. The molecule has 0 heterocycles.